The molecule has 0 amide bonds. The van der Waals surface area contributed by atoms with Gasteiger partial charge in [0.2, 0.25) is 0 Å². The van der Waals surface area contributed by atoms with Crippen molar-refractivity contribution in [3.63, 3.8) is 0 Å². The fraction of sp³-hybridized carbons (Fsp3) is 0.273. The summed E-state index contributed by atoms with van der Waals surface area (Å²) >= 11 is 0. The number of hydrogen-bond acceptors (Lipinski definition) is 3. The lowest BCUT2D eigenvalue weighted by atomic mass is 10.4. The first-order chi connectivity index (χ1) is 7.31. The predicted molar refractivity (Wildman–Crippen MR) is 58.0 cm³/mol. The minimum atomic E-state index is 0.621. The van der Waals surface area contributed by atoms with E-state index in [9.17, 15) is 0 Å². The van der Waals surface area contributed by atoms with Gasteiger partial charge in [0, 0.05) is 18.5 Å². The van der Waals surface area contributed by atoms with Crippen molar-refractivity contribution in [2.45, 2.75) is 13.3 Å². The maximum Gasteiger partial charge on any atom is 0.196 e. The molecule has 0 unspecified atom stereocenters. The molecule has 2 heterocycles. The van der Waals surface area contributed by atoms with Gasteiger partial charge in [0.15, 0.2) is 11.4 Å². The first kappa shape index (κ1) is 9.71. The third-order valence-electron chi connectivity index (χ3n) is 2.03. The Morgan fingerprint density at radius 3 is 3.27 bits per heavy atom. The lowest BCUT2D eigenvalue weighted by Gasteiger charge is -2.06. The third kappa shape index (κ3) is 1.98. The van der Waals surface area contributed by atoms with Crippen LogP contribution in [0.2, 0.25) is 0 Å². The van der Waals surface area contributed by atoms with Gasteiger partial charge < -0.3 is 4.74 Å². The largest absolute Gasteiger partial charge is 0.489 e. The van der Waals surface area contributed by atoms with E-state index in [1.54, 1.807) is 10.7 Å². The topological polar surface area (TPSA) is 39.4 Å². The van der Waals surface area contributed by atoms with Gasteiger partial charge in [-0.25, -0.2) is 9.50 Å². The number of ether oxygens (including phenoxy) is 1. The monoisotopic (exact) mass is 203 g/mol. The molecule has 15 heavy (non-hydrogen) atoms. The normalized spacial score (nSPS) is 10.5. The van der Waals surface area contributed by atoms with Crippen LogP contribution in [0.15, 0.2) is 31.1 Å². The van der Waals surface area contributed by atoms with Gasteiger partial charge in [-0.2, -0.15) is 5.10 Å². The first-order valence-electron chi connectivity index (χ1n) is 4.86. The Labute approximate surface area is 88.2 Å². The van der Waals surface area contributed by atoms with Gasteiger partial charge in [-0.1, -0.05) is 6.08 Å². The molecule has 78 valence electrons. The van der Waals surface area contributed by atoms with Crippen LogP contribution in [0.4, 0.5) is 0 Å². The zero-order valence-electron chi connectivity index (χ0n) is 8.68. The molecule has 0 N–H and O–H groups in total. The molecule has 0 aromatic carbocycles. The molecule has 0 spiro atoms. The van der Waals surface area contributed by atoms with Crippen molar-refractivity contribution in [1.29, 1.82) is 0 Å². The second-order valence-electron chi connectivity index (χ2n) is 3.27. The van der Waals surface area contributed by atoms with E-state index in [1.807, 2.05) is 25.3 Å². The van der Waals surface area contributed by atoms with Crippen LogP contribution in [-0.4, -0.2) is 21.2 Å². The second-order valence-corrected chi connectivity index (χ2v) is 3.27. The van der Waals surface area contributed by atoms with E-state index < -0.39 is 0 Å². The molecule has 0 aliphatic rings. The van der Waals surface area contributed by atoms with Crippen molar-refractivity contribution in [2.24, 2.45) is 0 Å². The average molecular weight is 203 g/mol. The Bertz CT molecular complexity index is 476. The van der Waals surface area contributed by atoms with Crippen molar-refractivity contribution >= 4 is 5.65 Å². The number of imidazole rings is 1. The van der Waals surface area contributed by atoms with Gasteiger partial charge in [0.1, 0.15) is 0 Å². The van der Waals surface area contributed by atoms with Crippen LogP contribution in [0.5, 0.6) is 5.75 Å². The maximum absolute atomic E-state index is 5.60. The molecule has 0 saturated carbocycles. The molecule has 0 radical (unpaired) electrons. The highest BCUT2D eigenvalue weighted by atomic mass is 16.5. The Hall–Kier alpha value is -1.84. The van der Waals surface area contributed by atoms with Crippen LogP contribution in [0.25, 0.3) is 5.65 Å². The molecule has 0 fully saturated rings. The molecule has 0 aliphatic heterocycles. The van der Waals surface area contributed by atoms with Crippen LogP contribution in [0.1, 0.15) is 12.1 Å². The molecule has 0 saturated heterocycles. The second kappa shape index (κ2) is 4.13. The van der Waals surface area contributed by atoms with Crippen LogP contribution in [-0.2, 0) is 0 Å². The van der Waals surface area contributed by atoms with E-state index in [0.717, 1.165) is 23.5 Å². The number of nitrogens with zero attached hydrogens (tertiary/aromatic N) is 3. The summed E-state index contributed by atoms with van der Waals surface area (Å²) in [6.07, 6.45) is 6.18. The molecule has 2 aromatic rings. The molecule has 0 aliphatic carbocycles. The molecule has 4 heteroatoms. The Kier molecular flexibility index (Phi) is 2.67. The molecule has 2 rings (SSSR count). The SMILES string of the molecule is C=CCCOc1cc(C)nn2ccnc12. The summed E-state index contributed by atoms with van der Waals surface area (Å²) in [5.41, 5.74) is 1.67. The van der Waals surface area contributed by atoms with Gasteiger partial charge in [-0.15, -0.1) is 6.58 Å². The lowest BCUT2D eigenvalue weighted by molar-refractivity contribution is 0.326. The summed E-state index contributed by atoms with van der Waals surface area (Å²) in [6, 6.07) is 1.89. The standard InChI is InChI=1S/C11H13N3O/c1-3-4-7-15-10-8-9(2)13-14-6-5-12-11(10)14/h3,5-6,8H,1,4,7H2,2H3. The van der Waals surface area contributed by atoms with E-state index in [0.29, 0.717) is 6.61 Å². The zero-order chi connectivity index (χ0) is 10.7. The highest BCUT2D eigenvalue weighted by Gasteiger charge is 2.05. The fourth-order valence-electron chi connectivity index (χ4n) is 1.37. The minimum Gasteiger partial charge on any atom is -0.489 e. The van der Waals surface area contributed by atoms with Gasteiger partial charge in [-0.3, -0.25) is 0 Å². The number of rotatable bonds is 4. The average Bonchev–Trinajstić information content (AvgIpc) is 2.65. The van der Waals surface area contributed by atoms with Gasteiger partial charge in [0.25, 0.3) is 0 Å². The highest BCUT2D eigenvalue weighted by molar-refractivity contribution is 5.52. The fourth-order valence-corrected chi connectivity index (χ4v) is 1.37. The molecule has 4 nitrogen and oxygen atoms in total. The molecular weight excluding hydrogens is 190 g/mol. The summed E-state index contributed by atoms with van der Waals surface area (Å²) in [5.74, 6) is 0.773. The number of aromatic nitrogens is 3. The van der Waals surface area contributed by atoms with Crippen molar-refractivity contribution in [3.8, 4) is 5.75 Å². The number of aryl methyl sites for hydroxylation is 1. The number of fused-ring (bicyclic) bond motifs is 1. The smallest absolute Gasteiger partial charge is 0.196 e. The summed E-state index contributed by atoms with van der Waals surface area (Å²) in [7, 11) is 0. The maximum atomic E-state index is 5.60. The van der Waals surface area contributed by atoms with Gasteiger partial charge in [0.05, 0.1) is 12.3 Å². The van der Waals surface area contributed by atoms with E-state index in [4.69, 9.17) is 4.74 Å². The first-order valence-corrected chi connectivity index (χ1v) is 4.86. The van der Waals surface area contributed by atoms with Crippen molar-refractivity contribution in [3.05, 3.63) is 36.8 Å². The predicted octanol–water partition coefficient (Wildman–Crippen LogP) is 1.99. The zero-order valence-corrected chi connectivity index (χ0v) is 8.68. The summed E-state index contributed by atoms with van der Waals surface area (Å²) in [4.78, 5) is 4.19. The van der Waals surface area contributed by atoms with E-state index in [2.05, 4.69) is 16.7 Å². The van der Waals surface area contributed by atoms with Crippen LogP contribution < -0.4 is 4.74 Å². The Morgan fingerprint density at radius 1 is 1.60 bits per heavy atom. The molecule has 2 aromatic heterocycles. The van der Waals surface area contributed by atoms with Gasteiger partial charge >= 0.3 is 0 Å². The highest BCUT2D eigenvalue weighted by Crippen LogP contribution is 2.18. The van der Waals surface area contributed by atoms with Crippen molar-refractivity contribution in [2.75, 3.05) is 6.61 Å². The minimum absolute atomic E-state index is 0.621. The summed E-state index contributed by atoms with van der Waals surface area (Å²) in [5, 5.41) is 4.28. The van der Waals surface area contributed by atoms with E-state index >= 15 is 0 Å². The summed E-state index contributed by atoms with van der Waals surface area (Å²) in [6.45, 7) is 6.20. The van der Waals surface area contributed by atoms with Crippen molar-refractivity contribution < 1.29 is 4.74 Å². The molecule has 0 bridgehead atoms. The lowest BCUT2D eigenvalue weighted by Crippen LogP contribution is -2.01. The molecular formula is C11H13N3O. The van der Waals surface area contributed by atoms with Crippen molar-refractivity contribution in [1.82, 2.24) is 14.6 Å². The van der Waals surface area contributed by atoms with E-state index in [1.165, 1.54) is 0 Å². The summed E-state index contributed by atoms with van der Waals surface area (Å²) < 4.78 is 7.33. The van der Waals surface area contributed by atoms with Crippen LogP contribution in [0.3, 0.4) is 0 Å². The number of hydrogen-bond donors (Lipinski definition) is 0. The van der Waals surface area contributed by atoms with E-state index in [-0.39, 0.29) is 0 Å². The Balaban J connectivity index is 2.31. The molecule has 0 atom stereocenters. The van der Waals surface area contributed by atoms with Crippen LogP contribution in [0, 0.1) is 6.92 Å². The quantitative estimate of drug-likeness (QED) is 0.563. The van der Waals surface area contributed by atoms with Gasteiger partial charge in [-0.05, 0) is 13.3 Å². The third-order valence-corrected chi connectivity index (χ3v) is 2.03. The Morgan fingerprint density at radius 2 is 2.47 bits per heavy atom. The van der Waals surface area contributed by atoms with Crippen LogP contribution >= 0.6 is 0 Å².